The summed E-state index contributed by atoms with van der Waals surface area (Å²) in [6, 6.07) is 29.4. The van der Waals surface area contributed by atoms with Crippen molar-refractivity contribution >= 4 is 31.9 Å². The van der Waals surface area contributed by atoms with Gasteiger partial charge in [0.2, 0.25) is 10.0 Å². The quantitative estimate of drug-likeness (QED) is 0.164. The van der Waals surface area contributed by atoms with Crippen LogP contribution in [0, 0.1) is 0 Å². The molecule has 4 amide bonds. The van der Waals surface area contributed by atoms with Crippen molar-refractivity contribution in [3.05, 3.63) is 125 Å². The van der Waals surface area contributed by atoms with Crippen molar-refractivity contribution in [2.75, 3.05) is 84.3 Å². The number of sulfonamides is 1. The van der Waals surface area contributed by atoms with Gasteiger partial charge >= 0.3 is 12.1 Å². The maximum atomic E-state index is 13.9. The highest BCUT2D eigenvalue weighted by Gasteiger charge is 2.35. The number of carbonyl (C=O) groups is 2. The zero-order valence-electron chi connectivity index (χ0n) is 36.8. The molecule has 3 atom stereocenters. The Labute approximate surface area is 383 Å². The molecule has 0 aliphatic carbocycles. The minimum Gasteiger partial charge on any atom is -0.390 e. The summed E-state index contributed by atoms with van der Waals surface area (Å²) in [7, 11) is -7.53. The van der Waals surface area contributed by atoms with E-state index < -0.39 is 43.3 Å². The Morgan fingerprint density at radius 3 is 1.82 bits per heavy atom. The fourth-order valence-electron chi connectivity index (χ4n) is 9.50. The van der Waals surface area contributed by atoms with Gasteiger partial charge in [0.05, 0.1) is 22.9 Å². The number of aliphatic hydroxyl groups excluding tert-OH is 2. The zero-order chi connectivity index (χ0) is 45.6. The lowest BCUT2D eigenvalue weighted by Gasteiger charge is -2.31. The van der Waals surface area contributed by atoms with Crippen LogP contribution in [0.25, 0.3) is 11.1 Å². The average molecular weight is 928 g/mol. The van der Waals surface area contributed by atoms with Gasteiger partial charge in [-0.05, 0) is 82.8 Å². The van der Waals surface area contributed by atoms with Gasteiger partial charge in [0.15, 0.2) is 9.84 Å². The van der Waals surface area contributed by atoms with Crippen LogP contribution >= 0.6 is 0 Å². The van der Waals surface area contributed by atoms with Crippen LogP contribution in [-0.2, 0) is 45.8 Å². The number of β-amino-alcohol motifs (C(OH)–C–C–N with tert-alkyl or cyclic N) is 2. The van der Waals surface area contributed by atoms with Gasteiger partial charge in [0.25, 0.3) is 0 Å². The molecule has 4 aliphatic rings. The van der Waals surface area contributed by atoms with Gasteiger partial charge in [-0.2, -0.15) is 4.31 Å². The lowest BCUT2D eigenvalue weighted by Crippen LogP contribution is -2.47. The maximum Gasteiger partial charge on any atom is 0.317 e. The molecule has 0 saturated carbocycles. The van der Waals surface area contributed by atoms with Crippen molar-refractivity contribution in [1.29, 1.82) is 0 Å². The summed E-state index contributed by atoms with van der Waals surface area (Å²) in [4.78, 5) is 34.1. The average Bonchev–Trinajstić information content (AvgIpc) is 3.67. The van der Waals surface area contributed by atoms with Crippen molar-refractivity contribution in [3.8, 4) is 11.1 Å². The van der Waals surface area contributed by atoms with Crippen LogP contribution in [-0.4, -0.2) is 160 Å². The van der Waals surface area contributed by atoms with E-state index in [0.29, 0.717) is 49.2 Å². The number of hydrogen-bond acceptors (Lipinski definition) is 10. The van der Waals surface area contributed by atoms with E-state index in [4.69, 9.17) is 0 Å². The van der Waals surface area contributed by atoms with Gasteiger partial charge in [-0.1, -0.05) is 78.9 Å². The van der Waals surface area contributed by atoms with Gasteiger partial charge in [0.1, 0.15) is 5.25 Å². The van der Waals surface area contributed by atoms with Crippen molar-refractivity contribution in [3.63, 3.8) is 0 Å². The molecule has 0 bridgehead atoms. The normalized spacial score (nSPS) is 20.7. The SMILES string of the molecule is O=C(NC[C@H](O)CN1CCc2ccccc2C1)N1CCCN(S(=O)(=O)c2ccc(-c3cccc(C4CN(C(=O)NC[C@H](O)CN5CCc6ccccc6C5)CCCS4(=O)=O)c3)cc2)CC1. The number of aliphatic hydroxyl groups is 2. The van der Waals surface area contributed by atoms with Crippen molar-refractivity contribution in [2.24, 2.45) is 0 Å². The molecule has 0 radical (unpaired) electrons. The molecule has 15 nitrogen and oxygen atoms in total. The topological polar surface area (TPSA) is 183 Å². The monoisotopic (exact) mass is 927 g/mol. The van der Waals surface area contributed by atoms with Crippen LogP contribution in [0.1, 0.15) is 45.9 Å². The van der Waals surface area contributed by atoms with Crippen LogP contribution in [0.5, 0.6) is 0 Å². The van der Waals surface area contributed by atoms with E-state index >= 15 is 0 Å². The Kier molecular flexibility index (Phi) is 14.9. The first kappa shape index (κ1) is 46.6. The Hall–Kier alpha value is -4.88. The molecular weight excluding hydrogens is 867 g/mol. The van der Waals surface area contributed by atoms with Crippen LogP contribution < -0.4 is 10.6 Å². The predicted molar refractivity (Wildman–Crippen MR) is 249 cm³/mol. The molecule has 2 saturated heterocycles. The van der Waals surface area contributed by atoms with Gasteiger partial charge in [-0.25, -0.2) is 26.4 Å². The third-order valence-corrected chi connectivity index (χ3v) is 17.2. The first-order valence-corrected chi connectivity index (χ1v) is 25.9. The highest BCUT2D eigenvalue weighted by atomic mass is 32.2. The Balaban J connectivity index is 0.831. The number of hydrogen-bond donors (Lipinski definition) is 4. The molecule has 4 aromatic rings. The smallest absolute Gasteiger partial charge is 0.317 e. The number of urea groups is 2. The number of amides is 4. The summed E-state index contributed by atoms with van der Waals surface area (Å²) >= 11 is 0. The number of sulfone groups is 1. The Bertz CT molecular complexity index is 2530. The largest absolute Gasteiger partial charge is 0.390 e. The van der Waals surface area contributed by atoms with Crippen molar-refractivity contribution in [1.82, 2.24) is 34.5 Å². The highest BCUT2D eigenvalue weighted by molar-refractivity contribution is 7.91. The molecule has 1 unspecified atom stereocenters. The van der Waals surface area contributed by atoms with Crippen molar-refractivity contribution < 1.29 is 36.6 Å². The molecule has 0 spiro atoms. The van der Waals surface area contributed by atoms with Crippen LogP contribution in [0.2, 0.25) is 0 Å². The van der Waals surface area contributed by atoms with Gasteiger partial charge < -0.3 is 30.6 Å². The fourth-order valence-corrected chi connectivity index (χ4v) is 12.8. The van der Waals surface area contributed by atoms with E-state index in [0.717, 1.165) is 39.0 Å². The minimum atomic E-state index is -3.90. The molecule has 4 N–H and O–H groups in total. The van der Waals surface area contributed by atoms with E-state index in [2.05, 4.69) is 44.7 Å². The van der Waals surface area contributed by atoms with Gasteiger partial charge in [-0.15, -0.1) is 0 Å². The van der Waals surface area contributed by atoms with Crippen LogP contribution in [0.3, 0.4) is 0 Å². The summed E-state index contributed by atoms with van der Waals surface area (Å²) in [5.74, 6) is -0.0750. The Morgan fingerprint density at radius 1 is 0.631 bits per heavy atom. The zero-order valence-corrected chi connectivity index (χ0v) is 38.4. The Morgan fingerprint density at radius 2 is 1.20 bits per heavy atom. The first-order valence-electron chi connectivity index (χ1n) is 22.7. The minimum absolute atomic E-state index is 0.0424. The summed E-state index contributed by atoms with van der Waals surface area (Å²) in [5, 5.41) is 26.3. The van der Waals surface area contributed by atoms with Crippen LogP contribution in [0.4, 0.5) is 9.59 Å². The highest BCUT2D eigenvalue weighted by Crippen LogP contribution is 2.32. The lowest BCUT2D eigenvalue weighted by molar-refractivity contribution is 0.103. The summed E-state index contributed by atoms with van der Waals surface area (Å²) in [6.45, 7) is 5.31. The number of nitrogens with one attached hydrogen (secondary N) is 2. The molecule has 4 heterocycles. The third kappa shape index (κ3) is 11.6. The molecule has 4 aromatic carbocycles. The second kappa shape index (κ2) is 20.7. The number of fused-ring (bicyclic) bond motifs is 2. The van der Waals surface area contributed by atoms with E-state index in [-0.39, 0.29) is 62.5 Å². The van der Waals surface area contributed by atoms with Gasteiger partial charge in [-0.3, -0.25) is 9.80 Å². The second-order valence-electron chi connectivity index (χ2n) is 17.7. The standard InChI is InChI=1S/C48H61N7O8S2/c56-43(33-51-23-18-36-8-1-3-10-41(36)31-51)29-49-47(58)53-20-6-22-55(26-25-53)65(62,63)45-16-14-38(15-17-45)39-12-5-13-40(28-39)46-35-54(21-7-27-64(46,60)61)48(59)50-30-44(57)34-52-24-19-37-9-2-4-11-42(37)32-52/h1-5,8-17,28,43-44,46,56-57H,6-7,18-27,29-35H2,(H,49,58)(H,50,59)/t43-,44-,46?/m0/s1. The molecule has 2 fully saturated rings. The molecule has 65 heavy (non-hydrogen) atoms. The summed E-state index contributed by atoms with van der Waals surface area (Å²) in [6.07, 6.45) is 1.03. The first-order chi connectivity index (χ1) is 31.3. The van der Waals surface area contributed by atoms with E-state index in [1.807, 2.05) is 30.3 Å². The molecule has 4 aliphatic heterocycles. The predicted octanol–water partition coefficient (Wildman–Crippen LogP) is 3.47. The lowest BCUT2D eigenvalue weighted by atomic mass is 10.00. The summed E-state index contributed by atoms with van der Waals surface area (Å²) < 4.78 is 56.4. The van der Waals surface area contributed by atoms with Gasteiger partial charge in [0, 0.05) is 91.6 Å². The number of benzene rings is 4. The number of carbonyl (C=O) groups excluding carboxylic acids is 2. The number of rotatable bonds is 12. The van der Waals surface area contributed by atoms with Crippen LogP contribution in [0.15, 0.2) is 102 Å². The maximum absolute atomic E-state index is 13.9. The molecule has 348 valence electrons. The molecule has 8 rings (SSSR count). The fraction of sp³-hybridized carbons (Fsp3) is 0.458. The summed E-state index contributed by atoms with van der Waals surface area (Å²) in [5.41, 5.74) is 7.08. The third-order valence-electron chi connectivity index (χ3n) is 13.1. The van der Waals surface area contributed by atoms with E-state index in [1.54, 1.807) is 47.4 Å². The second-order valence-corrected chi connectivity index (χ2v) is 22.0. The van der Waals surface area contributed by atoms with E-state index in [9.17, 15) is 36.6 Å². The van der Waals surface area contributed by atoms with Crippen molar-refractivity contribution in [2.45, 2.75) is 61.1 Å². The van der Waals surface area contributed by atoms with E-state index in [1.165, 1.54) is 31.5 Å². The molecular formula is C48H61N7O8S2. The number of nitrogens with zero attached hydrogens (tertiary/aromatic N) is 5. The molecule has 0 aromatic heterocycles. The molecule has 17 heteroatoms.